The number of amides is 2. The second-order valence-corrected chi connectivity index (χ2v) is 15.3. The van der Waals surface area contributed by atoms with Crippen LogP contribution < -0.4 is 10.6 Å². The zero-order valence-electron chi connectivity index (χ0n) is 30.6. The first-order valence-electron chi connectivity index (χ1n) is 19.1. The van der Waals surface area contributed by atoms with Gasteiger partial charge in [-0.05, 0) is 58.0 Å². The third-order valence-corrected chi connectivity index (χ3v) is 11.7. The molecule has 1 spiro atoms. The molecule has 12 nitrogen and oxygen atoms in total. The van der Waals surface area contributed by atoms with E-state index in [-0.39, 0.29) is 50.2 Å². The maximum absolute atomic E-state index is 14.8. The van der Waals surface area contributed by atoms with E-state index in [4.69, 9.17) is 24.2 Å². The minimum atomic E-state index is -1.36. The number of carbonyl (C=O) groups is 3. The number of hydrogen-bond donors (Lipinski definition) is 4. The predicted octanol–water partition coefficient (Wildman–Crippen LogP) is 3.77. The summed E-state index contributed by atoms with van der Waals surface area (Å²) in [5, 5.41) is 26.5. The van der Waals surface area contributed by atoms with Gasteiger partial charge in [-0.1, -0.05) is 91.0 Å². The van der Waals surface area contributed by atoms with E-state index in [1.807, 2.05) is 66.7 Å². The molecule has 2 amide bonds. The first-order chi connectivity index (χ1) is 27.2. The van der Waals surface area contributed by atoms with Gasteiger partial charge < -0.3 is 35.1 Å². The summed E-state index contributed by atoms with van der Waals surface area (Å²) in [5.41, 5.74) is 4.67. The monoisotopic (exact) mass is 757 g/mol. The van der Waals surface area contributed by atoms with E-state index in [1.165, 1.54) is 0 Å². The highest BCUT2D eigenvalue weighted by atomic mass is 16.8. The van der Waals surface area contributed by atoms with E-state index < -0.39 is 47.6 Å². The number of aliphatic hydroxyl groups excluding tert-OH is 1. The number of aromatic hydroxyl groups is 1. The number of phenols is 1. The van der Waals surface area contributed by atoms with Crippen molar-refractivity contribution in [3.05, 3.63) is 142 Å². The van der Waals surface area contributed by atoms with E-state index in [0.29, 0.717) is 30.4 Å². The van der Waals surface area contributed by atoms with Gasteiger partial charge in [0.05, 0.1) is 13.2 Å². The van der Waals surface area contributed by atoms with E-state index in [0.717, 1.165) is 27.8 Å². The van der Waals surface area contributed by atoms with Crippen LogP contribution in [-0.4, -0.2) is 82.5 Å². The van der Waals surface area contributed by atoms with E-state index in [9.17, 15) is 19.5 Å². The number of hydrogen-bond acceptors (Lipinski definition) is 10. The summed E-state index contributed by atoms with van der Waals surface area (Å²) < 4.78 is 19.7. The number of nitrogens with one attached hydrogen (secondary N) is 2. The Labute approximate surface area is 324 Å². The maximum Gasteiger partial charge on any atom is 0.327 e. The van der Waals surface area contributed by atoms with Gasteiger partial charge in [0.25, 0.3) is 5.91 Å². The molecule has 4 fully saturated rings. The van der Waals surface area contributed by atoms with Crippen molar-refractivity contribution in [1.29, 1.82) is 0 Å². The molecule has 2 aliphatic carbocycles. The molecule has 0 radical (unpaired) electrons. The van der Waals surface area contributed by atoms with Gasteiger partial charge >= 0.3 is 5.97 Å². The van der Waals surface area contributed by atoms with E-state index in [1.54, 1.807) is 35.4 Å². The van der Waals surface area contributed by atoms with Crippen LogP contribution in [0.4, 0.5) is 0 Å². The Bertz CT molecular complexity index is 2170. The summed E-state index contributed by atoms with van der Waals surface area (Å²) >= 11 is 0. The van der Waals surface area contributed by atoms with Crippen LogP contribution in [-0.2, 0) is 61.0 Å². The average molecular weight is 758 g/mol. The van der Waals surface area contributed by atoms with Crippen LogP contribution in [0.2, 0.25) is 0 Å². The maximum atomic E-state index is 14.8. The van der Waals surface area contributed by atoms with Gasteiger partial charge in [0.1, 0.15) is 35.6 Å². The molecule has 0 aromatic heterocycles. The number of nitrogens with zero attached hydrogens (tertiary/aromatic N) is 1. The summed E-state index contributed by atoms with van der Waals surface area (Å²) in [6, 6.07) is 29.1. The minimum absolute atomic E-state index is 0.102. The SMILES string of the molecule is O=C(NCCO)c1cccc(CNC(=O)C23CC4OC(=O)C2N(Cc2ccc(C=CCc5ccccc5O)cc2)OC3C2OC3(Cc5ccccc5C3)OC42)c1. The summed E-state index contributed by atoms with van der Waals surface area (Å²) in [5.74, 6) is -1.96. The van der Waals surface area contributed by atoms with Crippen molar-refractivity contribution in [2.75, 3.05) is 13.2 Å². The van der Waals surface area contributed by atoms with Gasteiger partial charge in [-0.2, -0.15) is 5.06 Å². The normalized spacial score (nSPS) is 26.9. The van der Waals surface area contributed by atoms with Crippen LogP contribution >= 0.6 is 0 Å². The van der Waals surface area contributed by atoms with E-state index in [2.05, 4.69) is 22.8 Å². The van der Waals surface area contributed by atoms with Crippen LogP contribution in [0.3, 0.4) is 0 Å². The van der Waals surface area contributed by atoms with Crippen LogP contribution in [0.25, 0.3) is 6.08 Å². The van der Waals surface area contributed by atoms with Crippen molar-refractivity contribution >= 4 is 23.9 Å². The van der Waals surface area contributed by atoms with Crippen LogP contribution in [0.5, 0.6) is 5.75 Å². The number of benzene rings is 4. The quantitative estimate of drug-likeness (QED) is 0.166. The Morgan fingerprint density at radius 2 is 1.62 bits per heavy atom. The number of carbonyl (C=O) groups excluding carboxylic acids is 3. The van der Waals surface area contributed by atoms with Gasteiger partial charge in [-0.25, -0.2) is 0 Å². The number of allylic oxidation sites excluding steroid dienone is 1. The van der Waals surface area contributed by atoms with Crippen LogP contribution in [0.1, 0.15) is 50.2 Å². The molecule has 3 heterocycles. The first kappa shape index (κ1) is 36.3. The molecule has 6 atom stereocenters. The van der Waals surface area contributed by atoms with Crippen molar-refractivity contribution in [1.82, 2.24) is 15.7 Å². The molecule has 5 aliphatic rings. The summed E-state index contributed by atoms with van der Waals surface area (Å²) in [6.45, 7) is 0.258. The van der Waals surface area contributed by atoms with Crippen molar-refractivity contribution < 1.29 is 43.6 Å². The Morgan fingerprint density at radius 3 is 2.39 bits per heavy atom. The molecule has 56 heavy (non-hydrogen) atoms. The predicted molar refractivity (Wildman–Crippen MR) is 202 cm³/mol. The average Bonchev–Trinajstić information content (AvgIpc) is 3.89. The highest BCUT2D eigenvalue weighted by Crippen LogP contribution is 2.58. The molecule has 4 N–H and O–H groups in total. The number of aliphatic hydroxyl groups is 1. The second kappa shape index (κ2) is 14.6. The number of fused-ring (bicyclic) bond motifs is 5. The molecule has 288 valence electrons. The molecule has 3 saturated heterocycles. The zero-order chi connectivity index (χ0) is 38.4. The summed E-state index contributed by atoms with van der Waals surface area (Å²) in [4.78, 5) is 48.2. The summed E-state index contributed by atoms with van der Waals surface area (Å²) in [7, 11) is 0. The minimum Gasteiger partial charge on any atom is -0.508 e. The van der Waals surface area contributed by atoms with Crippen molar-refractivity contribution in [2.24, 2.45) is 5.41 Å². The Hall–Kier alpha value is -5.37. The number of para-hydroxylation sites is 1. The van der Waals surface area contributed by atoms with Gasteiger partial charge in [-0.3, -0.25) is 19.2 Å². The van der Waals surface area contributed by atoms with Gasteiger partial charge in [0.2, 0.25) is 5.91 Å². The fourth-order valence-electron chi connectivity index (χ4n) is 9.12. The number of rotatable bonds is 11. The first-order valence-corrected chi connectivity index (χ1v) is 19.1. The number of esters is 1. The lowest BCUT2D eigenvalue weighted by atomic mass is 9.62. The van der Waals surface area contributed by atoms with Crippen LogP contribution in [0.15, 0.2) is 103 Å². The molecule has 1 saturated carbocycles. The fraction of sp³-hybridized carbons (Fsp3) is 0.341. The Kier molecular flexibility index (Phi) is 9.46. The van der Waals surface area contributed by atoms with Gasteiger partial charge in [0.15, 0.2) is 11.8 Å². The number of phenolic OH excluding ortho intramolecular Hbond substituents is 1. The third kappa shape index (κ3) is 6.47. The lowest BCUT2D eigenvalue weighted by molar-refractivity contribution is -0.217. The lowest BCUT2D eigenvalue weighted by Gasteiger charge is -2.48. The lowest BCUT2D eigenvalue weighted by Crippen LogP contribution is -2.69. The fourth-order valence-corrected chi connectivity index (χ4v) is 9.12. The molecule has 4 aromatic carbocycles. The Morgan fingerprint density at radius 1 is 0.875 bits per heavy atom. The molecular weight excluding hydrogens is 714 g/mol. The largest absolute Gasteiger partial charge is 0.508 e. The zero-order valence-corrected chi connectivity index (χ0v) is 30.6. The van der Waals surface area contributed by atoms with Crippen molar-refractivity contribution in [3.8, 4) is 5.75 Å². The van der Waals surface area contributed by atoms with Gasteiger partial charge in [0, 0.05) is 37.9 Å². The molecule has 9 rings (SSSR count). The van der Waals surface area contributed by atoms with Crippen LogP contribution in [0, 0.1) is 5.41 Å². The van der Waals surface area contributed by atoms with Crippen molar-refractivity contribution in [3.63, 3.8) is 0 Å². The summed E-state index contributed by atoms with van der Waals surface area (Å²) in [6.07, 6.45) is 2.93. The van der Waals surface area contributed by atoms with E-state index >= 15 is 0 Å². The third-order valence-electron chi connectivity index (χ3n) is 11.7. The number of hydroxylamine groups is 2. The standard InChI is InChI=1S/C44H43N3O9/c48-20-19-45-40(50)31-13-6-8-29(21-31)25-46-42(52)44-24-35-36-37(55-43(54-36)22-32-10-1-2-11-33(32)23-43)39(44)56-47(38(44)41(51)53-35)26-28-17-15-27(16-18-28)7-5-12-30-9-3-4-14-34(30)49/h1-11,13-18,21,35-39,48-49H,12,19-20,22-26H2,(H,45,50)(H,46,52). The smallest absolute Gasteiger partial charge is 0.327 e. The molecule has 6 unspecified atom stereocenters. The molecule has 3 aliphatic heterocycles. The Balaban J connectivity index is 0.981. The topological polar surface area (TPSA) is 156 Å². The second-order valence-electron chi connectivity index (χ2n) is 15.3. The van der Waals surface area contributed by atoms with Crippen molar-refractivity contribution in [2.45, 2.75) is 75.0 Å². The molecule has 2 bridgehead atoms. The molecule has 4 aromatic rings. The highest BCUT2D eigenvalue weighted by Gasteiger charge is 2.76. The molecular formula is C44H43N3O9. The highest BCUT2D eigenvalue weighted by molar-refractivity contribution is 5.95. The molecule has 12 heteroatoms. The number of ether oxygens (including phenoxy) is 3. The van der Waals surface area contributed by atoms with Gasteiger partial charge in [-0.15, -0.1) is 0 Å².